The third-order valence-electron chi connectivity index (χ3n) is 3.28. The molecule has 26 heavy (non-hydrogen) atoms. The third-order valence-corrected chi connectivity index (χ3v) is 3.28. The molecule has 0 aromatic heterocycles. The van der Waals surface area contributed by atoms with Crippen molar-refractivity contribution < 1.29 is 32.7 Å². The number of rotatable bonds is 5. The van der Waals surface area contributed by atoms with Crippen molar-refractivity contribution in [2.24, 2.45) is 0 Å². The Labute approximate surface area is 145 Å². The molecule has 9 heteroatoms. The zero-order valence-electron chi connectivity index (χ0n) is 13.1. The Balaban J connectivity index is 2.01. The molecule has 136 valence electrons. The van der Waals surface area contributed by atoms with E-state index >= 15 is 0 Å². The molecule has 2 aromatic carbocycles. The Morgan fingerprint density at radius 1 is 0.846 bits per heavy atom. The van der Waals surface area contributed by atoms with Crippen LogP contribution in [0, 0.1) is 0 Å². The molecule has 0 aliphatic rings. The molecule has 0 saturated heterocycles. The quantitative estimate of drug-likeness (QED) is 0.758. The fourth-order valence-corrected chi connectivity index (χ4v) is 1.98. The number of halogens is 3. The molecule has 0 radical (unpaired) electrons. The molecular weight excluding hydrogens is 353 g/mol. The van der Waals surface area contributed by atoms with Crippen molar-refractivity contribution in [3.8, 4) is 0 Å². The largest absolute Gasteiger partial charge is 0.480 e. The molecule has 3 N–H and O–H groups in total. The van der Waals surface area contributed by atoms with Crippen LogP contribution >= 0.6 is 0 Å². The molecule has 0 saturated carbocycles. The van der Waals surface area contributed by atoms with Crippen molar-refractivity contribution in [3.63, 3.8) is 0 Å². The monoisotopic (exact) mass is 366 g/mol. The summed E-state index contributed by atoms with van der Waals surface area (Å²) in [6.45, 7) is -0.523. The summed E-state index contributed by atoms with van der Waals surface area (Å²) >= 11 is 0. The van der Waals surface area contributed by atoms with Crippen LogP contribution in [0.5, 0.6) is 0 Å². The highest BCUT2D eigenvalue weighted by molar-refractivity contribution is 6.04. The fraction of sp³-hybridized carbons (Fsp3) is 0.118. The molecule has 2 rings (SSSR count). The highest BCUT2D eigenvalue weighted by atomic mass is 19.4. The van der Waals surface area contributed by atoms with Crippen LogP contribution in [0.3, 0.4) is 0 Å². The first kappa shape index (κ1) is 19.0. The summed E-state index contributed by atoms with van der Waals surface area (Å²) in [5.41, 5.74) is -0.296. The highest BCUT2D eigenvalue weighted by Crippen LogP contribution is 2.29. The minimum absolute atomic E-state index is 0.0428. The normalized spacial score (nSPS) is 10.9. The van der Waals surface area contributed by atoms with Crippen LogP contribution in [0.2, 0.25) is 0 Å². The molecular formula is C17H13F3N2O4. The predicted molar refractivity (Wildman–Crippen MR) is 85.8 cm³/mol. The van der Waals surface area contributed by atoms with E-state index < -0.39 is 36.1 Å². The smallest absolute Gasteiger partial charge is 0.416 e. The van der Waals surface area contributed by atoms with E-state index in [9.17, 15) is 27.6 Å². The molecule has 6 nitrogen and oxygen atoms in total. The lowest BCUT2D eigenvalue weighted by Gasteiger charge is -2.09. The van der Waals surface area contributed by atoms with Crippen molar-refractivity contribution in [1.29, 1.82) is 0 Å². The number of alkyl halides is 3. The average molecular weight is 366 g/mol. The maximum absolute atomic E-state index is 12.5. The summed E-state index contributed by atoms with van der Waals surface area (Å²) in [6, 6.07) is 9.32. The van der Waals surface area contributed by atoms with Gasteiger partial charge in [-0.05, 0) is 48.5 Å². The summed E-state index contributed by atoms with van der Waals surface area (Å²) in [6.07, 6.45) is -4.48. The van der Waals surface area contributed by atoms with E-state index in [1.54, 1.807) is 0 Å². The number of carboxylic acids is 1. The summed E-state index contributed by atoms with van der Waals surface area (Å²) in [7, 11) is 0. The Kier molecular flexibility index (Phi) is 5.61. The number of amides is 2. The van der Waals surface area contributed by atoms with Crippen molar-refractivity contribution >= 4 is 23.5 Å². The van der Waals surface area contributed by atoms with Gasteiger partial charge in [0.05, 0.1) is 5.56 Å². The number of nitrogens with one attached hydrogen (secondary N) is 2. The molecule has 2 amide bonds. The maximum atomic E-state index is 12.5. The van der Waals surface area contributed by atoms with Crippen LogP contribution in [0.25, 0.3) is 0 Å². The van der Waals surface area contributed by atoms with E-state index in [4.69, 9.17) is 5.11 Å². The molecule has 0 bridgehead atoms. The summed E-state index contributed by atoms with van der Waals surface area (Å²) in [5, 5.41) is 13.2. The fourth-order valence-electron chi connectivity index (χ4n) is 1.98. The van der Waals surface area contributed by atoms with E-state index in [1.807, 2.05) is 0 Å². The lowest BCUT2D eigenvalue weighted by molar-refractivity contribution is -0.138. The SMILES string of the molecule is O=C(O)CNC(=O)c1ccc(NC(=O)c2ccc(C(F)(F)F)cc2)cc1. The number of benzene rings is 2. The lowest BCUT2D eigenvalue weighted by Crippen LogP contribution is -2.29. The van der Waals surface area contributed by atoms with E-state index in [0.717, 1.165) is 24.3 Å². The van der Waals surface area contributed by atoms with Gasteiger partial charge in [0, 0.05) is 16.8 Å². The van der Waals surface area contributed by atoms with E-state index in [-0.39, 0.29) is 11.1 Å². The number of anilines is 1. The van der Waals surface area contributed by atoms with Crippen LogP contribution in [0.1, 0.15) is 26.3 Å². The van der Waals surface area contributed by atoms with Crippen LogP contribution < -0.4 is 10.6 Å². The van der Waals surface area contributed by atoms with Crippen molar-refractivity contribution in [1.82, 2.24) is 5.32 Å². The van der Waals surface area contributed by atoms with Gasteiger partial charge in [-0.15, -0.1) is 0 Å². The van der Waals surface area contributed by atoms with Gasteiger partial charge >= 0.3 is 12.1 Å². The Morgan fingerprint density at radius 3 is 1.85 bits per heavy atom. The van der Waals surface area contributed by atoms with E-state index in [0.29, 0.717) is 5.69 Å². The minimum atomic E-state index is -4.48. The average Bonchev–Trinajstić information content (AvgIpc) is 2.59. The Morgan fingerprint density at radius 2 is 1.35 bits per heavy atom. The second-order valence-corrected chi connectivity index (χ2v) is 5.18. The van der Waals surface area contributed by atoms with Crippen molar-refractivity contribution in [2.75, 3.05) is 11.9 Å². The number of aliphatic carboxylic acids is 1. The maximum Gasteiger partial charge on any atom is 0.416 e. The highest BCUT2D eigenvalue weighted by Gasteiger charge is 2.30. The van der Waals surface area contributed by atoms with Gasteiger partial charge in [-0.25, -0.2) is 0 Å². The van der Waals surface area contributed by atoms with Gasteiger partial charge in [-0.1, -0.05) is 0 Å². The summed E-state index contributed by atoms with van der Waals surface area (Å²) < 4.78 is 37.5. The zero-order chi connectivity index (χ0) is 19.3. The first-order valence-corrected chi connectivity index (χ1v) is 7.25. The Hall–Kier alpha value is -3.36. The van der Waals surface area contributed by atoms with Gasteiger partial charge in [0.2, 0.25) is 0 Å². The Bertz CT molecular complexity index is 815. The van der Waals surface area contributed by atoms with Gasteiger partial charge in [-0.3, -0.25) is 14.4 Å². The van der Waals surface area contributed by atoms with Crippen LogP contribution in [0.4, 0.5) is 18.9 Å². The molecule has 2 aromatic rings. The van der Waals surface area contributed by atoms with Gasteiger partial charge in [0.25, 0.3) is 11.8 Å². The number of hydrogen-bond acceptors (Lipinski definition) is 3. The minimum Gasteiger partial charge on any atom is -0.480 e. The molecule has 0 spiro atoms. The van der Waals surface area contributed by atoms with Crippen molar-refractivity contribution in [2.45, 2.75) is 6.18 Å². The van der Waals surface area contributed by atoms with Crippen LogP contribution in [-0.4, -0.2) is 29.4 Å². The molecule has 0 aliphatic heterocycles. The standard InChI is InChI=1S/C17H13F3N2O4/c18-17(19,20)12-5-1-11(2-6-12)16(26)22-13-7-3-10(4-8-13)15(25)21-9-14(23)24/h1-8H,9H2,(H,21,25)(H,22,26)(H,23,24). The number of carbonyl (C=O) groups excluding carboxylic acids is 2. The van der Waals surface area contributed by atoms with Crippen LogP contribution in [-0.2, 0) is 11.0 Å². The summed E-state index contributed by atoms with van der Waals surface area (Å²) in [4.78, 5) is 34.1. The summed E-state index contributed by atoms with van der Waals surface area (Å²) in [5.74, 6) is -2.38. The van der Waals surface area contributed by atoms with Crippen molar-refractivity contribution in [3.05, 3.63) is 65.2 Å². The number of carboxylic acid groups (broad SMARTS) is 1. The van der Waals surface area contributed by atoms with Gasteiger partial charge < -0.3 is 15.7 Å². The second-order valence-electron chi connectivity index (χ2n) is 5.18. The van der Waals surface area contributed by atoms with E-state index in [1.165, 1.54) is 24.3 Å². The molecule has 0 aliphatic carbocycles. The van der Waals surface area contributed by atoms with Gasteiger partial charge in [0.15, 0.2) is 0 Å². The van der Waals surface area contributed by atoms with Crippen LogP contribution in [0.15, 0.2) is 48.5 Å². The first-order valence-electron chi connectivity index (χ1n) is 7.25. The molecule has 0 heterocycles. The zero-order valence-corrected chi connectivity index (χ0v) is 13.1. The van der Waals surface area contributed by atoms with Gasteiger partial charge in [-0.2, -0.15) is 13.2 Å². The predicted octanol–water partition coefficient (Wildman–Crippen LogP) is 2.77. The third kappa shape index (κ3) is 5.07. The van der Waals surface area contributed by atoms with Gasteiger partial charge in [0.1, 0.15) is 6.54 Å². The van der Waals surface area contributed by atoms with E-state index in [2.05, 4.69) is 10.6 Å². The second kappa shape index (κ2) is 7.68. The lowest BCUT2D eigenvalue weighted by atomic mass is 10.1. The molecule has 0 fully saturated rings. The molecule has 0 atom stereocenters. The number of carbonyl (C=O) groups is 3. The number of hydrogen-bond donors (Lipinski definition) is 3. The topological polar surface area (TPSA) is 95.5 Å². The molecule has 0 unspecified atom stereocenters. The first-order chi connectivity index (χ1) is 12.2.